The minimum absolute atomic E-state index is 0.591. The average molecular weight is 292 g/mol. The first-order valence-corrected chi connectivity index (χ1v) is 8.93. The van der Waals surface area contributed by atoms with Gasteiger partial charge >= 0.3 is 0 Å². The minimum Gasteiger partial charge on any atom is -0.317 e. The van der Waals surface area contributed by atoms with Crippen LogP contribution in [-0.4, -0.2) is 30.1 Å². The first-order valence-electron chi connectivity index (χ1n) is 8.11. The van der Waals surface area contributed by atoms with Crippen LogP contribution in [0.2, 0.25) is 0 Å². The van der Waals surface area contributed by atoms with Gasteiger partial charge < -0.3 is 5.32 Å². The molecular weight excluding hydrogens is 264 g/mol. The predicted octanol–water partition coefficient (Wildman–Crippen LogP) is 4.03. The molecule has 3 rings (SSSR count). The number of rotatable bonds is 3. The topological polar surface area (TPSA) is 15.3 Å². The monoisotopic (exact) mass is 292 g/mol. The average Bonchev–Trinajstić information content (AvgIpc) is 2.75. The molecule has 0 amide bonds. The molecule has 3 unspecified atom stereocenters. The van der Waals surface area contributed by atoms with Crippen LogP contribution in [0.1, 0.15) is 60.4 Å². The largest absolute Gasteiger partial charge is 0.317 e. The van der Waals surface area contributed by atoms with E-state index in [1.165, 1.54) is 41.9 Å². The van der Waals surface area contributed by atoms with E-state index >= 15 is 0 Å². The van der Waals surface area contributed by atoms with Gasteiger partial charge in [0.25, 0.3) is 0 Å². The number of nitrogens with one attached hydrogen (secondary N) is 1. The Hall–Kier alpha value is -0.380. The smallest absolute Gasteiger partial charge is 0.0336 e. The summed E-state index contributed by atoms with van der Waals surface area (Å²) in [5, 5.41) is 3.52. The minimum atomic E-state index is 0.591. The standard InChI is InChI=1S/C17H28N2S/c1-11-8-17(13(3)20-11)12(2)19-15-6-5-7-16(19)10-14(9-15)18-4/h8,12,14-16,18H,5-7,9-10H2,1-4H3. The number of hydrogen-bond acceptors (Lipinski definition) is 3. The molecular formula is C17H28N2S. The number of fused-ring (bicyclic) bond motifs is 2. The van der Waals surface area contributed by atoms with Gasteiger partial charge in [0.15, 0.2) is 0 Å². The summed E-state index contributed by atoms with van der Waals surface area (Å²) in [6.45, 7) is 6.96. The fourth-order valence-corrected chi connectivity index (χ4v) is 5.53. The third-order valence-corrected chi connectivity index (χ3v) is 6.40. The second-order valence-electron chi connectivity index (χ2n) is 6.69. The first-order chi connectivity index (χ1) is 9.60. The van der Waals surface area contributed by atoms with Crippen molar-refractivity contribution in [2.75, 3.05) is 7.05 Å². The second kappa shape index (κ2) is 5.78. The van der Waals surface area contributed by atoms with E-state index in [9.17, 15) is 0 Å². The Bertz CT molecular complexity index is 454. The van der Waals surface area contributed by atoms with Crippen LogP contribution in [-0.2, 0) is 0 Å². The number of piperidine rings is 2. The zero-order valence-electron chi connectivity index (χ0n) is 13.3. The molecule has 0 aliphatic carbocycles. The van der Waals surface area contributed by atoms with Gasteiger partial charge in [-0.05, 0) is 65.1 Å². The molecule has 3 atom stereocenters. The third-order valence-electron chi connectivity index (χ3n) is 5.42. The molecule has 20 heavy (non-hydrogen) atoms. The molecule has 0 spiro atoms. The molecule has 2 bridgehead atoms. The van der Waals surface area contributed by atoms with Crippen LogP contribution >= 0.6 is 11.3 Å². The summed E-state index contributed by atoms with van der Waals surface area (Å²) in [5.41, 5.74) is 1.58. The van der Waals surface area contributed by atoms with E-state index in [1.807, 2.05) is 11.3 Å². The van der Waals surface area contributed by atoms with Crippen molar-refractivity contribution in [3.63, 3.8) is 0 Å². The molecule has 112 valence electrons. The maximum atomic E-state index is 3.52. The molecule has 1 aromatic heterocycles. The molecule has 1 aromatic rings. The van der Waals surface area contributed by atoms with Crippen LogP contribution in [0, 0.1) is 13.8 Å². The molecule has 2 saturated heterocycles. The zero-order chi connectivity index (χ0) is 14.3. The van der Waals surface area contributed by atoms with E-state index in [4.69, 9.17) is 0 Å². The van der Waals surface area contributed by atoms with Gasteiger partial charge in [0.05, 0.1) is 0 Å². The summed E-state index contributed by atoms with van der Waals surface area (Å²) in [4.78, 5) is 5.83. The lowest BCUT2D eigenvalue weighted by Gasteiger charge is -2.51. The maximum absolute atomic E-state index is 3.52. The molecule has 3 heteroatoms. The quantitative estimate of drug-likeness (QED) is 0.905. The third kappa shape index (κ3) is 2.56. The summed E-state index contributed by atoms with van der Waals surface area (Å²) in [7, 11) is 2.13. The van der Waals surface area contributed by atoms with E-state index in [1.54, 1.807) is 5.56 Å². The number of nitrogens with zero attached hydrogens (tertiary/aromatic N) is 1. The van der Waals surface area contributed by atoms with Gasteiger partial charge in [-0.1, -0.05) is 6.42 Å². The maximum Gasteiger partial charge on any atom is 0.0336 e. The zero-order valence-corrected chi connectivity index (χ0v) is 14.1. The van der Waals surface area contributed by atoms with Gasteiger partial charge in [-0.2, -0.15) is 0 Å². The summed E-state index contributed by atoms with van der Waals surface area (Å²) in [6, 6.07) is 5.32. The summed E-state index contributed by atoms with van der Waals surface area (Å²) in [6.07, 6.45) is 6.87. The van der Waals surface area contributed by atoms with Crippen molar-refractivity contribution in [2.45, 2.75) is 77.0 Å². The highest BCUT2D eigenvalue weighted by molar-refractivity contribution is 7.12. The highest BCUT2D eigenvalue weighted by atomic mass is 32.1. The molecule has 2 aliphatic heterocycles. The van der Waals surface area contributed by atoms with Crippen molar-refractivity contribution < 1.29 is 0 Å². The van der Waals surface area contributed by atoms with E-state index in [0.717, 1.165) is 18.1 Å². The lowest BCUT2D eigenvalue weighted by atomic mass is 9.80. The number of hydrogen-bond donors (Lipinski definition) is 1. The Kier molecular flexibility index (Phi) is 4.21. The Morgan fingerprint density at radius 1 is 1.25 bits per heavy atom. The van der Waals surface area contributed by atoms with E-state index < -0.39 is 0 Å². The fraction of sp³-hybridized carbons (Fsp3) is 0.765. The van der Waals surface area contributed by atoms with Crippen molar-refractivity contribution in [3.05, 3.63) is 21.4 Å². The van der Waals surface area contributed by atoms with Crippen molar-refractivity contribution in [1.29, 1.82) is 0 Å². The molecule has 0 radical (unpaired) electrons. The van der Waals surface area contributed by atoms with Crippen LogP contribution in [0.3, 0.4) is 0 Å². The molecule has 0 saturated carbocycles. The molecule has 0 aromatic carbocycles. The Morgan fingerprint density at radius 3 is 2.40 bits per heavy atom. The highest BCUT2D eigenvalue weighted by Gasteiger charge is 2.40. The van der Waals surface area contributed by atoms with E-state index in [-0.39, 0.29) is 0 Å². The number of aryl methyl sites for hydroxylation is 2. The fourth-order valence-electron chi connectivity index (χ4n) is 4.51. The van der Waals surface area contributed by atoms with Crippen LogP contribution in [0.25, 0.3) is 0 Å². The van der Waals surface area contributed by atoms with Gasteiger partial charge in [0.1, 0.15) is 0 Å². The molecule has 3 heterocycles. The molecule has 2 nitrogen and oxygen atoms in total. The van der Waals surface area contributed by atoms with E-state index in [2.05, 4.69) is 44.1 Å². The van der Waals surface area contributed by atoms with Crippen LogP contribution in [0.5, 0.6) is 0 Å². The summed E-state index contributed by atoms with van der Waals surface area (Å²) >= 11 is 1.96. The first kappa shape index (κ1) is 14.6. The molecule has 2 aliphatic rings. The van der Waals surface area contributed by atoms with Crippen molar-refractivity contribution in [2.24, 2.45) is 0 Å². The van der Waals surface area contributed by atoms with Gasteiger partial charge in [0, 0.05) is 33.9 Å². The van der Waals surface area contributed by atoms with Crippen LogP contribution in [0.15, 0.2) is 6.07 Å². The highest BCUT2D eigenvalue weighted by Crippen LogP contribution is 2.41. The SMILES string of the molecule is CNC1CC2CCCC(C1)N2C(C)c1cc(C)sc1C. The lowest BCUT2D eigenvalue weighted by molar-refractivity contribution is -0.00519. The van der Waals surface area contributed by atoms with Crippen molar-refractivity contribution >= 4 is 11.3 Å². The van der Waals surface area contributed by atoms with Crippen LogP contribution < -0.4 is 5.32 Å². The van der Waals surface area contributed by atoms with Gasteiger partial charge in [0.2, 0.25) is 0 Å². The normalized spacial score (nSPS) is 32.3. The van der Waals surface area contributed by atoms with Crippen molar-refractivity contribution in [3.8, 4) is 0 Å². The Balaban J connectivity index is 1.84. The number of thiophene rings is 1. The Labute approximate surface area is 127 Å². The van der Waals surface area contributed by atoms with Crippen LogP contribution in [0.4, 0.5) is 0 Å². The van der Waals surface area contributed by atoms with Gasteiger partial charge in [-0.15, -0.1) is 11.3 Å². The van der Waals surface area contributed by atoms with E-state index in [0.29, 0.717) is 6.04 Å². The van der Waals surface area contributed by atoms with Gasteiger partial charge in [-0.25, -0.2) is 0 Å². The predicted molar refractivity (Wildman–Crippen MR) is 87.6 cm³/mol. The second-order valence-corrected chi connectivity index (χ2v) is 8.15. The van der Waals surface area contributed by atoms with Gasteiger partial charge in [-0.3, -0.25) is 4.90 Å². The van der Waals surface area contributed by atoms with Crippen molar-refractivity contribution in [1.82, 2.24) is 10.2 Å². The molecule has 1 N–H and O–H groups in total. The lowest BCUT2D eigenvalue weighted by Crippen LogP contribution is -2.56. The molecule has 2 fully saturated rings. The summed E-state index contributed by atoms with van der Waals surface area (Å²) < 4.78 is 0. The summed E-state index contributed by atoms with van der Waals surface area (Å²) in [5.74, 6) is 0. The Morgan fingerprint density at radius 2 is 1.90 bits per heavy atom.